The minimum absolute atomic E-state index is 0.279. The lowest BCUT2D eigenvalue weighted by molar-refractivity contribution is -0.137. The number of carboxylic acid groups (broad SMARTS) is 1. The maximum atomic E-state index is 12.0. The van der Waals surface area contributed by atoms with Gasteiger partial charge >= 0.3 is 12.0 Å². The average Bonchev–Trinajstić information content (AvgIpc) is 2.21. The summed E-state index contributed by atoms with van der Waals surface area (Å²) >= 11 is 0. The normalized spacial score (nSPS) is 10.4. The number of hydrogen-bond acceptors (Lipinski definition) is 3. The lowest BCUT2D eigenvalue weighted by atomic mass is 10.2. The molecule has 17 heavy (non-hydrogen) atoms. The number of nitrogens with zero attached hydrogens (tertiary/aromatic N) is 2. The van der Waals surface area contributed by atoms with E-state index < -0.39 is 5.97 Å². The Balaban J connectivity index is 4.43. The van der Waals surface area contributed by atoms with Crippen LogP contribution in [0.4, 0.5) is 4.79 Å². The Morgan fingerprint density at radius 3 is 2.35 bits per heavy atom. The summed E-state index contributed by atoms with van der Waals surface area (Å²) in [6.07, 6.45) is 0. The zero-order chi connectivity index (χ0) is 13.4. The van der Waals surface area contributed by atoms with Gasteiger partial charge in [-0.1, -0.05) is 13.8 Å². The van der Waals surface area contributed by atoms with Gasteiger partial charge in [-0.05, 0) is 5.92 Å². The van der Waals surface area contributed by atoms with Gasteiger partial charge in [0.2, 0.25) is 0 Å². The Morgan fingerprint density at radius 2 is 1.94 bits per heavy atom. The number of hydrogen-bond donors (Lipinski definition) is 1. The van der Waals surface area contributed by atoms with Crippen molar-refractivity contribution in [2.24, 2.45) is 5.92 Å². The third-order valence-corrected chi connectivity index (χ3v) is 2.12. The summed E-state index contributed by atoms with van der Waals surface area (Å²) in [6, 6.07) is -0.279. The van der Waals surface area contributed by atoms with Gasteiger partial charge < -0.3 is 19.6 Å². The number of aliphatic carboxylic acids is 1. The van der Waals surface area contributed by atoms with Crippen molar-refractivity contribution in [1.82, 2.24) is 9.80 Å². The molecule has 0 unspecified atom stereocenters. The third-order valence-electron chi connectivity index (χ3n) is 2.12. The number of carbonyl (C=O) groups is 2. The van der Waals surface area contributed by atoms with Crippen molar-refractivity contribution in [3.63, 3.8) is 0 Å². The summed E-state index contributed by atoms with van der Waals surface area (Å²) in [5.41, 5.74) is 0. The van der Waals surface area contributed by atoms with E-state index in [9.17, 15) is 9.59 Å². The van der Waals surface area contributed by atoms with Crippen LogP contribution in [-0.4, -0.2) is 67.3 Å². The van der Waals surface area contributed by atoms with Crippen LogP contribution in [0.2, 0.25) is 0 Å². The Kier molecular flexibility index (Phi) is 7.29. The summed E-state index contributed by atoms with van der Waals surface area (Å²) < 4.78 is 4.94. The second kappa shape index (κ2) is 7.89. The average molecular weight is 246 g/mol. The molecule has 0 aromatic rings. The van der Waals surface area contributed by atoms with Gasteiger partial charge in [-0.15, -0.1) is 0 Å². The van der Waals surface area contributed by atoms with Crippen LogP contribution in [0.15, 0.2) is 0 Å². The molecule has 0 aliphatic heterocycles. The lowest BCUT2D eigenvalue weighted by Crippen LogP contribution is -2.45. The number of methoxy groups -OCH3 is 1. The van der Waals surface area contributed by atoms with E-state index in [1.807, 2.05) is 13.8 Å². The molecule has 0 spiro atoms. The van der Waals surface area contributed by atoms with Crippen LogP contribution in [0, 0.1) is 5.92 Å². The van der Waals surface area contributed by atoms with E-state index in [-0.39, 0.29) is 12.6 Å². The van der Waals surface area contributed by atoms with Crippen molar-refractivity contribution in [1.29, 1.82) is 0 Å². The number of carbonyl (C=O) groups excluding carboxylic acids is 1. The fraction of sp³-hybridized carbons (Fsp3) is 0.818. The molecule has 100 valence electrons. The summed E-state index contributed by atoms with van der Waals surface area (Å²) in [4.78, 5) is 25.3. The highest BCUT2D eigenvalue weighted by atomic mass is 16.5. The second-order valence-electron chi connectivity index (χ2n) is 4.37. The highest BCUT2D eigenvalue weighted by Crippen LogP contribution is 2.03. The number of carboxylic acids is 1. The first kappa shape index (κ1) is 15.7. The van der Waals surface area contributed by atoms with Crippen LogP contribution in [0.3, 0.4) is 0 Å². The fourth-order valence-electron chi connectivity index (χ4n) is 1.42. The summed E-state index contributed by atoms with van der Waals surface area (Å²) in [5, 5.41) is 8.64. The van der Waals surface area contributed by atoms with Crippen molar-refractivity contribution in [3.8, 4) is 0 Å². The molecule has 0 heterocycles. The monoisotopic (exact) mass is 246 g/mol. The third kappa shape index (κ3) is 6.78. The highest BCUT2D eigenvalue weighted by molar-refractivity contribution is 5.79. The molecule has 0 radical (unpaired) electrons. The molecule has 0 saturated heterocycles. The van der Waals surface area contributed by atoms with Crippen LogP contribution >= 0.6 is 0 Å². The number of ether oxygens (including phenoxy) is 1. The molecule has 0 aromatic carbocycles. The summed E-state index contributed by atoms with van der Waals surface area (Å²) in [6.45, 7) is 5.22. The minimum Gasteiger partial charge on any atom is -0.480 e. The van der Waals surface area contributed by atoms with Crippen LogP contribution in [0.5, 0.6) is 0 Å². The van der Waals surface area contributed by atoms with E-state index in [1.165, 1.54) is 11.9 Å². The van der Waals surface area contributed by atoms with E-state index in [4.69, 9.17) is 9.84 Å². The van der Waals surface area contributed by atoms with Crippen molar-refractivity contribution in [2.45, 2.75) is 13.8 Å². The van der Waals surface area contributed by atoms with E-state index in [1.54, 1.807) is 12.0 Å². The van der Waals surface area contributed by atoms with Gasteiger partial charge in [-0.3, -0.25) is 4.79 Å². The van der Waals surface area contributed by atoms with Gasteiger partial charge in [0.15, 0.2) is 0 Å². The van der Waals surface area contributed by atoms with Gasteiger partial charge in [0.1, 0.15) is 6.54 Å². The molecule has 0 aliphatic rings. The predicted molar refractivity (Wildman–Crippen MR) is 63.9 cm³/mol. The number of likely N-dealkylation sites (N-methyl/N-ethyl adjacent to an activating group) is 1. The van der Waals surface area contributed by atoms with Crippen LogP contribution in [-0.2, 0) is 9.53 Å². The van der Waals surface area contributed by atoms with Crippen molar-refractivity contribution >= 4 is 12.0 Å². The van der Waals surface area contributed by atoms with Crippen LogP contribution < -0.4 is 0 Å². The number of amides is 2. The van der Waals surface area contributed by atoms with Gasteiger partial charge in [-0.25, -0.2) is 4.79 Å². The SMILES string of the molecule is COCCN(CC(C)C)C(=O)N(C)CC(=O)O. The second-order valence-corrected chi connectivity index (χ2v) is 4.37. The molecule has 0 aromatic heterocycles. The first-order chi connectivity index (χ1) is 7.88. The smallest absolute Gasteiger partial charge is 0.323 e. The Hall–Kier alpha value is -1.30. The summed E-state index contributed by atoms with van der Waals surface area (Å²) in [7, 11) is 3.05. The summed E-state index contributed by atoms with van der Waals surface area (Å²) in [5.74, 6) is -0.689. The molecule has 6 nitrogen and oxygen atoms in total. The molecule has 0 aliphatic carbocycles. The molecule has 0 atom stereocenters. The first-order valence-corrected chi connectivity index (χ1v) is 5.59. The maximum Gasteiger partial charge on any atom is 0.323 e. The van der Waals surface area contributed by atoms with Crippen molar-refractivity contribution in [2.75, 3.05) is 40.4 Å². The molecule has 1 N–H and O–H groups in total. The molecular formula is C11H22N2O4. The molecule has 0 bridgehead atoms. The zero-order valence-electron chi connectivity index (χ0n) is 11.0. The predicted octanol–water partition coefficient (Wildman–Crippen LogP) is 0.727. The number of urea groups is 1. The lowest BCUT2D eigenvalue weighted by Gasteiger charge is -2.28. The first-order valence-electron chi connectivity index (χ1n) is 5.59. The van der Waals surface area contributed by atoms with Crippen LogP contribution in [0.25, 0.3) is 0 Å². The zero-order valence-corrected chi connectivity index (χ0v) is 11.0. The van der Waals surface area contributed by atoms with Crippen LogP contribution in [0.1, 0.15) is 13.8 Å². The molecule has 0 fully saturated rings. The number of rotatable bonds is 7. The highest BCUT2D eigenvalue weighted by Gasteiger charge is 2.20. The minimum atomic E-state index is -1.02. The van der Waals surface area contributed by atoms with Crippen molar-refractivity contribution in [3.05, 3.63) is 0 Å². The van der Waals surface area contributed by atoms with Gasteiger partial charge in [0.05, 0.1) is 6.61 Å². The van der Waals surface area contributed by atoms with Gasteiger partial charge in [0, 0.05) is 27.2 Å². The molecule has 6 heteroatoms. The van der Waals surface area contributed by atoms with E-state index in [0.29, 0.717) is 25.6 Å². The molecule has 2 amide bonds. The van der Waals surface area contributed by atoms with Gasteiger partial charge in [-0.2, -0.15) is 0 Å². The Morgan fingerprint density at radius 1 is 1.35 bits per heavy atom. The molecule has 0 rings (SSSR count). The van der Waals surface area contributed by atoms with Gasteiger partial charge in [0.25, 0.3) is 0 Å². The largest absolute Gasteiger partial charge is 0.480 e. The molecule has 0 saturated carbocycles. The van der Waals surface area contributed by atoms with E-state index >= 15 is 0 Å². The quantitative estimate of drug-likeness (QED) is 0.719. The Labute approximate surface area is 102 Å². The van der Waals surface area contributed by atoms with Crippen molar-refractivity contribution < 1.29 is 19.4 Å². The topological polar surface area (TPSA) is 70.1 Å². The van der Waals surface area contributed by atoms with E-state index in [2.05, 4.69) is 0 Å². The standard InChI is InChI=1S/C11H22N2O4/c1-9(2)7-13(5-6-17-4)11(16)12(3)8-10(14)15/h9H,5-8H2,1-4H3,(H,14,15). The Bertz CT molecular complexity index is 256. The maximum absolute atomic E-state index is 12.0. The fourth-order valence-corrected chi connectivity index (χ4v) is 1.42. The van der Waals surface area contributed by atoms with E-state index in [0.717, 1.165) is 0 Å². The molecular weight excluding hydrogens is 224 g/mol.